The smallest absolute Gasteiger partial charge is 0.324 e. The molecule has 2 heterocycles. The fraction of sp³-hybridized carbons (Fsp3) is 0.750. The van der Waals surface area contributed by atoms with E-state index >= 15 is 0 Å². The van der Waals surface area contributed by atoms with Crippen LogP contribution in [0.3, 0.4) is 0 Å². The maximum atomic E-state index is 12.0. The average molecular weight is 209 g/mol. The summed E-state index contributed by atoms with van der Waals surface area (Å²) in [5.74, 6) is 0.308. The Kier molecular flexibility index (Phi) is 2.59. The number of carbonyl (C=O) groups is 1. The first kappa shape index (κ1) is 10.7. The molecule has 3 unspecified atom stereocenters. The van der Waals surface area contributed by atoms with Crippen molar-refractivity contribution in [1.29, 1.82) is 0 Å². The van der Waals surface area contributed by atoms with Gasteiger partial charge < -0.3 is 4.74 Å². The lowest BCUT2D eigenvalue weighted by atomic mass is 9.97. The average Bonchev–Trinajstić information content (AvgIpc) is 2.34. The number of nitrogens with zero attached hydrogens (tertiary/aromatic N) is 1. The number of esters is 1. The predicted octanol–water partition coefficient (Wildman–Crippen LogP) is 1.59. The first-order valence-corrected chi connectivity index (χ1v) is 5.61. The second kappa shape index (κ2) is 3.63. The van der Waals surface area contributed by atoms with Crippen molar-refractivity contribution < 1.29 is 9.53 Å². The third kappa shape index (κ3) is 2.23. The van der Waals surface area contributed by atoms with Gasteiger partial charge >= 0.3 is 5.97 Å². The minimum absolute atomic E-state index is 0.0331. The second-order valence-electron chi connectivity index (χ2n) is 5.35. The van der Waals surface area contributed by atoms with Crippen molar-refractivity contribution in [2.45, 2.75) is 38.8 Å². The quantitative estimate of drug-likeness (QED) is 0.485. The van der Waals surface area contributed by atoms with E-state index in [0.29, 0.717) is 5.92 Å². The first-order valence-electron chi connectivity index (χ1n) is 5.61. The van der Waals surface area contributed by atoms with Crippen LogP contribution in [0.2, 0.25) is 0 Å². The Morgan fingerprint density at radius 3 is 2.80 bits per heavy atom. The molecule has 0 amide bonds. The molecule has 0 aromatic heterocycles. The van der Waals surface area contributed by atoms with E-state index < -0.39 is 0 Å². The maximum Gasteiger partial charge on any atom is 0.324 e. The van der Waals surface area contributed by atoms with Crippen molar-refractivity contribution in [3.63, 3.8) is 0 Å². The standard InChI is InChI=1S/C12H19NO2/c1-12(2,3)15-11(14)10-9-5-4-7-13(10)8-6-9/h4-5,9-10H,6-8H2,1-3H3. The van der Waals surface area contributed by atoms with Crippen LogP contribution >= 0.6 is 0 Å². The molecular formula is C12H19NO2. The van der Waals surface area contributed by atoms with Crippen LogP contribution in [0.5, 0.6) is 0 Å². The molecule has 84 valence electrons. The maximum absolute atomic E-state index is 12.0. The minimum Gasteiger partial charge on any atom is -0.459 e. The molecule has 1 fully saturated rings. The van der Waals surface area contributed by atoms with Crippen LogP contribution in [0.15, 0.2) is 12.2 Å². The molecule has 0 spiro atoms. The molecule has 2 bridgehead atoms. The zero-order valence-corrected chi connectivity index (χ0v) is 9.69. The summed E-state index contributed by atoms with van der Waals surface area (Å²) in [5.41, 5.74) is -0.376. The summed E-state index contributed by atoms with van der Waals surface area (Å²) in [6.45, 7) is 7.66. The summed E-state index contributed by atoms with van der Waals surface area (Å²) in [5, 5.41) is 0. The molecule has 0 aromatic rings. The van der Waals surface area contributed by atoms with E-state index in [1.165, 1.54) is 0 Å². The Balaban J connectivity index is 2.05. The zero-order chi connectivity index (χ0) is 11.1. The van der Waals surface area contributed by atoms with Crippen LogP contribution in [0, 0.1) is 5.92 Å². The van der Waals surface area contributed by atoms with E-state index in [1.807, 2.05) is 20.8 Å². The van der Waals surface area contributed by atoms with E-state index in [2.05, 4.69) is 17.1 Å². The Morgan fingerprint density at radius 2 is 2.20 bits per heavy atom. The van der Waals surface area contributed by atoms with Gasteiger partial charge in [0.2, 0.25) is 0 Å². The van der Waals surface area contributed by atoms with Crippen molar-refractivity contribution in [3.8, 4) is 0 Å². The normalized spacial score (nSPS) is 34.2. The van der Waals surface area contributed by atoms with Gasteiger partial charge in [-0.25, -0.2) is 0 Å². The van der Waals surface area contributed by atoms with Gasteiger partial charge in [-0.05, 0) is 33.7 Å². The lowest BCUT2D eigenvalue weighted by Crippen LogP contribution is -2.44. The van der Waals surface area contributed by atoms with Gasteiger partial charge in [0.1, 0.15) is 11.6 Å². The second-order valence-corrected chi connectivity index (χ2v) is 5.35. The molecular weight excluding hydrogens is 190 g/mol. The van der Waals surface area contributed by atoms with Crippen molar-refractivity contribution >= 4 is 5.97 Å². The largest absolute Gasteiger partial charge is 0.459 e. The van der Waals surface area contributed by atoms with Gasteiger partial charge in [0.25, 0.3) is 0 Å². The van der Waals surface area contributed by atoms with Gasteiger partial charge in [0.05, 0.1) is 0 Å². The highest BCUT2D eigenvalue weighted by molar-refractivity contribution is 5.77. The molecule has 3 nitrogen and oxygen atoms in total. The van der Waals surface area contributed by atoms with Gasteiger partial charge in [-0.2, -0.15) is 0 Å². The van der Waals surface area contributed by atoms with E-state index in [9.17, 15) is 4.79 Å². The molecule has 0 radical (unpaired) electrons. The Morgan fingerprint density at radius 1 is 1.47 bits per heavy atom. The van der Waals surface area contributed by atoms with Crippen LogP contribution in [0.25, 0.3) is 0 Å². The third-order valence-electron chi connectivity index (χ3n) is 2.92. The Bertz CT molecular complexity index is 290. The van der Waals surface area contributed by atoms with Crippen LogP contribution in [-0.4, -0.2) is 35.6 Å². The van der Waals surface area contributed by atoms with E-state index in [-0.39, 0.29) is 17.6 Å². The number of fused-ring (bicyclic) bond motifs is 2. The molecule has 1 saturated heterocycles. The molecule has 2 aliphatic heterocycles. The summed E-state index contributed by atoms with van der Waals surface area (Å²) in [7, 11) is 0. The Labute approximate surface area is 91.1 Å². The molecule has 15 heavy (non-hydrogen) atoms. The van der Waals surface area contributed by atoms with Crippen molar-refractivity contribution in [1.82, 2.24) is 4.90 Å². The van der Waals surface area contributed by atoms with Crippen molar-refractivity contribution in [2.24, 2.45) is 5.92 Å². The highest BCUT2D eigenvalue weighted by atomic mass is 16.6. The monoisotopic (exact) mass is 209 g/mol. The van der Waals surface area contributed by atoms with Crippen LogP contribution in [0.4, 0.5) is 0 Å². The first-order chi connectivity index (χ1) is 6.97. The van der Waals surface area contributed by atoms with Crippen molar-refractivity contribution in [2.75, 3.05) is 13.1 Å². The molecule has 3 atom stereocenters. The fourth-order valence-electron chi connectivity index (χ4n) is 2.35. The van der Waals surface area contributed by atoms with Gasteiger partial charge in [-0.15, -0.1) is 0 Å². The van der Waals surface area contributed by atoms with Gasteiger partial charge in [0.15, 0.2) is 0 Å². The number of rotatable bonds is 1. The van der Waals surface area contributed by atoms with Crippen LogP contribution in [-0.2, 0) is 9.53 Å². The molecule has 2 rings (SSSR count). The lowest BCUT2D eigenvalue weighted by molar-refractivity contribution is -0.161. The molecule has 0 aromatic carbocycles. The summed E-state index contributed by atoms with van der Waals surface area (Å²) < 4.78 is 5.44. The van der Waals surface area contributed by atoms with Gasteiger partial charge in [-0.3, -0.25) is 9.69 Å². The number of carbonyl (C=O) groups excluding carboxylic acids is 1. The lowest BCUT2D eigenvalue weighted by Gasteiger charge is -2.30. The fourth-order valence-corrected chi connectivity index (χ4v) is 2.35. The molecule has 2 aliphatic rings. The van der Waals surface area contributed by atoms with E-state index in [4.69, 9.17) is 4.74 Å². The predicted molar refractivity (Wildman–Crippen MR) is 58.5 cm³/mol. The minimum atomic E-state index is -0.376. The summed E-state index contributed by atoms with van der Waals surface area (Å²) in [6.07, 6.45) is 5.40. The van der Waals surface area contributed by atoms with Crippen LogP contribution in [0.1, 0.15) is 27.2 Å². The Hall–Kier alpha value is -0.830. The van der Waals surface area contributed by atoms with E-state index in [0.717, 1.165) is 19.5 Å². The molecule has 0 N–H and O–H groups in total. The summed E-state index contributed by atoms with van der Waals surface area (Å²) >= 11 is 0. The third-order valence-corrected chi connectivity index (χ3v) is 2.92. The summed E-state index contributed by atoms with van der Waals surface area (Å²) in [4.78, 5) is 14.2. The van der Waals surface area contributed by atoms with Crippen LogP contribution < -0.4 is 0 Å². The number of hydrogen-bond acceptors (Lipinski definition) is 3. The molecule has 3 heteroatoms. The topological polar surface area (TPSA) is 29.5 Å². The highest BCUT2D eigenvalue weighted by Crippen LogP contribution is 2.30. The molecule has 0 aliphatic carbocycles. The SMILES string of the molecule is CC(C)(C)OC(=O)C1C2C=CCN1CC2. The summed E-state index contributed by atoms with van der Waals surface area (Å²) in [6, 6.07) is -0.0331. The van der Waals surface area contributed by atoms with Gasteiger partial charge in [-0.1, -0.05) is 12.2 Å². The molecule has 0 saturated carbocycles. The highest BCUT2D eigenvalue weighted by Gasteiger charge is 2.41. The van der Waals surface area contributed by atoms with Crippen molar-refractivity contribution in [3.05, 3.63) is 12.2 Å². The van der Waals surface area contributed by atoms with E-state index in [1.54, 1.807) is 0 Å². The van der Waals surface area contributed by atoms with Gasteiger partial charge in [0, 0.05) is 12.5 Å². The number of hydrogen-bond donors (Lipinski definition) is 0. The number of ether oxygens (including phenoxy) is 1. The zero-order valence-electron chi connectivity index (χ0n) is 9.69.